The molecule has 90 valence electrons. The summed E-state index contributed by atoms with van der Waals surface area (Å²) >= 11 is 0. The van der Waals surface area contributed by atoms with Gasteiger partial charge in [0, 0.05) is 24.8 Å². The molecule has 0 fully saturated rings. The SMILES string of the molecule is CCOc1ccccc1[C@@H]1CC(=O)C=C(O)C1. The maximum atomic E-state index is 11.4. The van der Waals surface area contributed by atoms with Crippen molar-refractivity contribution >= 4 is 5.78 Å². The monoisotopic (exact) mass is 232 g/mol. The van der Waals surface area contributed by atoms with Crippen molar-refractivity contribution in [1.29, 1.82) is 0 Å². The molecule has 0 heterocycles. The number of ketones is 1. The van der Waals surface area contributed by atoms with Gasteiger partial charge in [-0.2, -0.15) is 0 Å². The van der Waals surface area contributed by atoms with Crippen LogP contribution in [0.5, 0.6) is 5.75 Å². The van der Waals surface area contributed by atoms with E-state index in [0.29, 0.717) is 19.4 Å². The zero-order valence-electron chi connectivity index (χ0n) is 9.85. The molecule has 1 aromatic rings. The average molecular weight is 232 g/mol. The molecule has 1 aliphatic rings. The Balaban J connectivity index is 2.28. The van der Waals surface area contributed by atoms with Crippen LogP contribution in [-0.2, 0) is 4.79 Å². The Bertz CT molecular complexity index is 449. The third-order valence-electron chi connectivity index (χ3n) is 2.89. The fourth-order valence-electron chi connectivity index (χ4n) is 2.20. The van der Waals surface area contributed by atoms with Crippen molar-refractivity contribution < 1.29 is 14.6 Å². The Morgan fingerprint density at radius 3 is 2.82 bits per heavy atom. The van der Waals surface area contributed by atoms with Crippen LogP contribution in [0.4, 0.5) is 0 Å². The van der Waals surface area contributed by atoms with Gasteiger partial charge in [0.25, 0.3) is 0 Å². The predicted octanol–water partition coefficient (Wildman–Crippen LogP) is 2.97. The van der Waals surface area contributed by atoms with Crippen LogP contribution in [0.1, 0.15) is 31.2 Å². The second kappa shape index (κ2) is 5.04. The normalized spacial score (nSPS) is 19.9. The number of ether oxygens (including phenoxy) is 1. The molecule has 0 aromatic heterocycles. The number of hydrogen-bond donors (Lipinski definition) is 1. The minimum Gasteiger partial charge on any atom is -0.512 e. The summed E-state index contributed by atoms with van der Waals surface area (Å²) in [4.78, 5) is 11.4. The lowest BCUT2D eigenvalue weighted by Crippen LogP contribution is -2.13. The van der Waals surface area contributed by atoms with Gasteiger partial charge >= 0.3 is 0 Å². The van der Waals surface area contributed by atoms with E-state index in [1.807, 2.05) is 31.2 Å². The summed E-state index contributed by atoms with van der Waals surface area (Å²) in [6, 6.07) is 7.70. The van der Waals surface area contributed by atoms with Gasteiger partial charge in [0.2, 0.25) is 0 Å². The number of aliphatic hydroxyl groups is 1. The number of carbonyl (C=O) groups excluding carboxylic acids is 1. The smallest absolute Gasteiger partial charge is 0.159 e. The zero-order chi connectivity index (χ0) is 12.3. The maximum Gasteiger partial charge on any atom is 0.159 e. The van der Waals surface area contributed by atoms with Crippen molar-refractivity contribution in [1.82, 2.24) is 0 Å². The molecule has 1 atom stereocenters. The van der Waals surface area contributed by atoms with Crippen LogP contribution >= 0.6 is 0 Å². The van der Waals surface area contributed by atoms with Crippen molar-refractivity contribution in [2.45, 2.75) is 25.7 Å². The molecule has 3 heteroatoms. The number of allylic oxidation sites excluding steroid dienone is 2. The highest BCUT2D eigenvalue weighted by molar-refractivity contribution is 5.91. The van der Waals surface area contributed by atoms with Crippen molar-refractivity contribution in [3.63, 3.8) is 0 Å². The number of benzene rings is 1. The highest BCUT2D eigenvalue weighted by Crippen LogP contribution is 2.35. The van der Waals surface area contributed by atoms with E-state index >= 15 is 0 Å². The second-order valence-electron chi connectivity index (χ2n) is 4.18. The van der Waals surface area contributed by atoms with Gasteiger partial charge in [-0.3, -0.25) is 4.79 Å². The van der Waals surface area contributed by atoms with Crippen LogP contribution in [0.2, 0.25) is 0 Å². The van der Waals surface area contributed by atoms with Crippen LogP contribution in [0.15, 0.2) is 36.1 Å². The molecule has 0 amide bonds. The molecule has 2 rings (SSSR count). The first-order valence-electron chi connectivity index (χ1n) is 5.84. The second-order valence-corrected chi connectivity index (χ2v) is 4.18. The number of para-hydroxylation sites is 1. The minimum absolute atomic E-state index is 0.0231. The van der Waals surface area contributed by atoms with Gasteiger partial charge < -0.3 is 9.84 Å². The third-order valence-corrected chi connectivity index (χ3v) is 2.89. The molecule has 0 bridgehead atoms. The van der Waals surface area contributed by atoms with E-state index in [-0.39, 0.29) is 17.5 Å². The highest BCUT2D eigenvalue weighted by Gasteiger charge is 2.24. The van der Waals surface area contributed by atoms with E-state index in [1.165, 1.54) is 6.08 Å². The van der Waals surface area contributed by atoms with Crippen LogP contribution in [0, 0.1) is 0 Å². The standard InChI is InChI=1S/C14H16O3/c1-2-17-14-6-4-3-5-13(14)10-7-11(15)9-12(16)8-10/h3-6,9-10,15H,2,7-8H2,1H3/t10-/m0/s1. The Morgan fingerprint density at radius 1 is 1.35 bits per heavy atom. The van der Waals surface area contributed by atoms with Gasteiger partial charge in [-0.15, -0.1) is 0 Å². The van der Waals surface area contributed by atoms with Crippen molar-refractivity contribution in [3.8, 4) is 5.75 Å². The molecule has 0 unspecified atom stereocenters. The molecule has 0 radical (unpaired) electrons. The van der Waals surface area contributed by atoms with E-state index in [1.54, 1.807) is 0 Å². The van der Waals surface area contributed by atoms with Crippen molar-refractivity contribution in [3.05, 3.63) is 41.7 Å². The van der Waals surface area contributed by atoms with Crippen molar-refractivity contribution in [2.24, 2.45) is 0 Å². The lowest BCUT2D eigenvalue weighted by atomic mass is 9.86. The molecule has 0 saturated carbocycles. The van der Waals surface area contributed by atoms with Crippen LogP contribution in [0.25, 0.3) is 0 Å². The topological polar surface area (TPSA) is 46.5 Å². The molecular weight excluding hydrogens is 216 g/mol. The number of rotatable bonds is 3. The third kappa shape index (κ3) is 2.67. The highest BCUT2D eigenvalue weighted by atomic mass is 16.5. The summed E-state index contributed by atoms with van der Waals surface area (Å²) in [5, 5.41) is 9.53. The average Bonchev–Trinajstić information content (AvgIpc) is 2.29. The number of hydrogen-bond acceptors (Lipinski definition) is 3. The van der Waals surface area contributed by atoms with E-state index in [2.05, 4.69) is 0 Å². The first-order valence-corrected chi connectivity index (χ1v) is 5.84. The number of carbonyl (C=O) groups is 1. The zero-order valence-corrected chi connectivity index (χ0v) is 9.85. The van der Waals surface area contributed by atoms with E-state index < -0.39 is 0 Å². The molecule has 0 aliphatic heterocycles. The van der Waals surface area contributed by atoms with E-state index in [9.17, 15) is 9.90 Å². The molecule has 0 spiro atoms. The van der Waals surface area contributed by atoms with Gasteiger partial charge in [0.05, 0.1) is 12.4 Å². The summed E-state index contributed by atoms with van der Waals surface area (Å²) < 4.78 is 5.55. The summed E-state index contributed by atoms with van der Waals surface area (Å²) in [6.07, 6.45) is 2.27. The van der Waals surface area contributed by atoms with Crippen molar-refractivity contribution in [2.75, 3.05) is 6.61 Å². The van der Waals surface area contributed by atoms with Gasteiger partial charge in [-0.25, -0.2) is 0 Å². The summed E-state index contributed by atoms with van der Waals surface area (Å²) in [5.41, 5.74) is 1.00. The Labute approximate surface area is 101 Å². The van der Waals surface area contributed by atoms with Crippen LogP contribution in [-0.4, -0.2) is 17.5 Å². The largest absolute Gasteiger partial charge is 0.512 e. The van der Waals surface area contributed by atoms with Crippen LogP contribution in [0.3, 0.4) is 0 Å². The molecule has 0 saturated heterocycles. The van der Waals surface area contributed by atoms with E-state index in [4.69, 9.17) is 4.74 Å². The lowest BCUT2D eigenvalue weighted by Gasteiger charge is -2.21. The van der Waals surface area contributed by atoms with Gasteiger partial charge in [0.15, 0.2) is 5.78 Å². The predicted molar refractivity (Wildman–Crippen MR) is 65.3 cm³/mol. The maximum absolute atomic E-state index is 11.4. The molecule has 1 aromatic carbocycles. The fraction of sp³-hybridized carbons (Fsp3) is 0.357. The fourth-order valence-corrected chi connectivity index (χ4v) is 2.20. The molecule has 1 N–H and O–H groups in total. The van der Waals surface area contributed by atoms with Gasteiger partial charge in [-0.05, 0) is 18.6 Å². The van der Waals surface area contributed by atoms with E-state index in [0.717, 1.165) is 11.3 Å². The Kier molecular flexibility index (Phi) is 3.47. The lowest BCUT2D eigenvalue weighted by molar-refractivity contribution is -0.115. The Morgan fingerprint density at radius 2 is 2.12 bits per heavy atom. The van der Waals surface area contributed by atoms with Crippen LogP contribution < -0.4 is 4.74 Å². The first kappa shape index (κ1) is 11.7. The van der Waals surface area contributed by atoms with Gasteiger partial charge in [0.1, 0.15) is 5.75 Å². The first-order chi connectivity index (χ1) is 8.20. The molecule has 17 heavy (non-hydrogen) atoms. The molecular formula is C14H16O3. The molecule has 3 nitrogen and oxygen atoms in total. The summed E-state index contributed by atoms with van der Waals surface area (Å²) in [5.74, 6) is 0.973. The Hall–Kier alpha value is -1.77. The van der Waals surface area contributed by atoms with Gasteiger partial charge in [-0.1, -0.05) is 18.2 Å². The summed E-state index contributed by atoms with van der Waals surface area (Å²) in [7, 11) is 0. The number of aliphatic hydroxyl groups excluding tert-OH is 1. The molecule has 1 aliphatic carbocycles. The summed E-state index contributed by atoms with van der Waals surface area (Å²) in [6.45, 7) is 2.53. The minimum atomic E-state index is -0.0231. The quantitative estimate of drug-likeness (QED) is 0.871.